The van der Waals surface area contributed by atoms with Crippen LogP contribution in [0.3, 0.4) is 0 Å². The second-order valence-electron chi connectivity index (χ2n) is 7.67. The van der Waals surface area contributed by atoms with E-state index < -0.39 is 0 Å². The summed E-state index contributed by atoms with van der Waals surface area (Å²) < 4.78 is 6.89. The predicted molar refractivity (Wildman–Crippen MR) is 129 cm³/mol. The van der Waals surface area contributed by atoms with Crippen molar-refractivity contribution in [3.05, 3.63) is 69.8 Å². The van der Waals surface area contributed by atoms with E-state index in [2.05, 4.69) is 25.1 Å². The molecular formula is C24H27N5O3S. The van der Waals surface area contributed by atoms with Crippen molar-refractivity contribution in [2.24, 2.45) is 5.10 Å². The Bertz CT molecular complexity index is 1210. The molecule has 2 aromatic heterocycles. The highest BCUT2D eigenvalue weighted by Crippen LogP contribution is 2.23. The van der Waals surface area contributed by atoms with Crippen LogP contribution < -0.4 is 5.43 Å². The van der Waals surface area contributed by atoms with E-state index >= 15 is 0 Å². The third-order valence-corrected chi connectivity index (χ3v) is 5.86. The van der Waals surface area contributed by atoms with Crippen molar-refractivity contribution < 1.29 is 14.3 Å². The van der Waals surface area contributed by atoms with Gasteiger partial charge < -0.3 is 9.30 Å². The molecule has 0 saturated heterocycles. The number of methoxy groups -OCH3 is 1. The SMILES string of the molecule is COC(=O)c1ccc(-n2c(C)cc(/C=N\NC(=O)CSc3nc(C)cc(C)n3)c2C)c(C)c1. The molecule has 0 spiro atoms. The maximum Gasteiger partial charge on any atom is 0.337 e. The van der Waals surface area contributed by atoms with E-state index in [0.29, 0.717) is 10.7 Å². The summed E-state index contributed by atoms with van der Waals surface area (Å²) in [6.45, 7) is 9.73. The zero-order chi connectivity index (χ0) is 24.1. The van der Waals surface area contributed by atoms with Crippen molar-refractivity contribution in [2.75, 3.05) is 12.9 Å². The van der Waals surface area contributed by atoms with Crippen LogP contribution in [0.2, 0.25) is 0 Å². The summed E-state index contributed by atoms with van der Waals surface area (Å²) in [7, 11) is 1.37. The average Bonchev–Trinajstić information content (AvgIpc) is 3.04. The van der Waals surface area contributed by atoms with Crippen LogP contribution in [0.5, 0.6) is 0 Å². The Morgan fingerprint density at radius 3 is 2.42 bits per heavy atom. The van der Waals surface area contributed by atoms with Crippen molar-refractivity contribution >= 4 is 29.9 Å². The van der Waals surface area contributed by atoms with Gasteiger partial charge in [-0.25, -0.2) is 20.2 Å². The molecule has 1 amide bonds. The molecule has 0 aliphatic carbocycles. The number of carbonyl (C=O) groups excluding carboxylic acids is 2. The lowest BCUT2D eigenvalue weighted by molar-refractivity contribution is -0.118. The summed E-state index contributed by atoms with van der Waals surface area (Å²) in [5.74, 6) is -0.427. The van der Waals surface area contributed by atoms with Gasteiger partial charge in [0.15, 0.2) is 5.16 Å². The maximum atomic E-state index is 12.2. The second kappa shape index (κ2) is 10.4. The molecule has 33 heavy (non-hydrogen) atoms. The molecule has 0 radical (unpaired) electrons. The van der Waals surface area contributed by atoms with Gasteiger partial charge in [-0.15, -0.1) is 0 Å². The number of nitrogens with zero attached hydrogens (tertiary/aromatic N) is 4. The van der Waals surface area contributed by atoms with E-state index in [1.54, 1.807) is 12.3 Å². The van der Waals surface area contributed by atoms with Crippen LogP contribution >= 0.6 is 11.8 Å². The summed E-state index contributed by atoms with van der Waals surface area (Å²) in [5.41, 5.74) is 9.58. The summed E-state index contributed by atoms with van der Waals surface area (Å²) in [4.78, 5) is 32.6. The Hall–Kier alpha value is -3.46. The fraction of sp³-hybridized carbons (Fsp3) is 0.292. The first-order valence-corrected chi connectivity index (χ1v) is 11.3. The fourth-order valence-electron chi connectivity index (χ4n) is 3.53. The molecule has 1 aromatic carbocycles. The van der Waals surface area contributed by atoms with Gasteiger partial charge in [0.2, 0.25) is 0 Å². The molecule has 0 atom stereocenters. The number of aryl methyl sites for hydroxylation is 4. The number of hydrogen-bond acceptors (Lipinski definition) is 7. The highest BCUT2D eigenvalue weighted by atomic mass is 32.2. The monoisotopic (exact) mass is 465 g/mol. The third-order valence-electron chi connectivity index (χ3n) is 5.02. The Kier molecular flexibility index (Phi) is 7.65. The van der Waals surface area contributed by atoms with Gasteiger partial charge >= 0.3 is 5.97 Å². The minimum Gasteiger partial charge on any atom is -0.465 e. The average molecular weight is 466 g/mol. The van der Waals surface area contributed by atoms with Crippen LogP contribution in [0.15, 0.2) is 40.6 Å². The largest absolute Gasteiger partial charge is 0.465 e. The van der Waals surface area contributed by atoms with E-state index in [-0.39, 0.29) is 17.6 Å². The number of thioether (sulfide) groups is 1. The Balaban J connectivity index is 1.68. The summed E-state index contributed by atoms with van der Waals surface area (Å²) in [5, 5.41) is 4.69. The molecule has 2 heterocycles. The number of esters is 1. The molecule has 0 aliphatic heterocycles. The number of nitrogens with one attached hydrogen (secondary N) is 1. The number of ether oxygens (including phenoxy) is 1. The Morgan fingerprint density at radius 2 is 1.79 bits per heavy atom. The molecule has 172 valence electrons. The quantitative estimate of drug-likeness (QED) is 0.187. The highest BCUT2D eigenvalue weighted by molar-refractivity contribution is 7.99. The lowest BCUT2D eigenvalue weighted by Crippen LogP contribution is -2.19. The summed E-state index contributed by atoms with van der Waals surface area (Å²) >= 11 is 1.27. The molecule has 1 N–H and O–H groups in total. The number of hydrogen-bond donors (Lipinski definition) is 1. The first kappa shape index (κ1) is 24.2. The van der Waals surface area contributed by atoms with E-state index in [9.17, 15) is 9.59 Å². The van der Waals surface area contributed by atoms with Gasteiger partial charge in [-0.05, 0) is 70.5 Å². The predicted octanol–water partition coefficient (Wildman–Crippen LogP) is 3.84. The van der Waals surface area contributed by atoms with Gasteiger partial charge in [-0.3, -0.25) is 4.79 Å². The van der Waals surface area contributed by atoms with Gasteiger partial charge in [0.25, 0.3) is 5.91 Å². The van der Waals surface area contributed by atoms with E-state index in [0.717, 1.165) is 39.6 Å². The molecule has 8 nitrogen and oxygen atoms in total. The standard InChI is InChI=1S/C24H27N5O3S/c1-14-9-19(23(31)32-6)7-8-21(14)29-17(4)11-20(18(29)5)12-25-28-22(30)13-33-24-26-15(2)10-16(3)27-24/h7-12H,13H2,1-6H3,(H,28,30)/b25-12-. The van der Waals surface area contributed by atoms with E-state index in [4.69, 9.17) is 4.74 Å². The number of amides is 1. The molecule has 0 bridgehead atoms. The summed E-state index contributed by atoms with van der Waals surface area (Å²) in [6.07, 6.45) is 1.63. The van der Waals surface area contributed by atoms with Crippen LogP contribution in [0, 0.1) is 34.6 Å². The molecule has 0 saturated carbocycles. The van der Waals surface area contributed by atoms with Crippen LogP contribution in [0.4, 0.5) is 0 Å². The zero-order valence-corrected chi connectivity index (χ0v) is 20.4. The Morgan fingerprint density at radius 1 is 1.09 bits per heavy atom. The first-order chi connectivity index (χ1) is 15.7. The molecule has 0 fully saturated rings. The van der Waals surface area contributed by atoms with Gasteiger partial charge in [0.05, 0.1) is 24.6 Å². The third kappa shape index (κ3) is 5.87. The van der Waals surface area contributed by atoms with Gasteiger partial charge in [0.1, 0.15) is 0 Å². The van der Waals surface area contributed by atoms with Gasteiger partial charge in [0, 0.05) is 34.0 Å². The minimum absolute atomic E-state index is 0.172. The first-order valence-electron chi connectivity index (χ1n) is 10.3. The maximum absolute atomic E-state index is 12.2. The molecule has 9 heteroatoms. The molecule has 0 aliphatic rings. The van der Waals surface area contributed by atoms with E-state index in [1.807, 2.05) is 58.9 Å². The van der Waals surface area contributed by atoms with Crippen LogP contribution in [0.25, 0.3) is 5.69 Å². The zero-order valence-electron chi connectivity index (χ0n) is 19.6. The number of rotatable bonds is 7. The highest BCUT2D eigenvalue weighted by Gasteiger charge is 2.14. The van der Waals surface area contributed by atoms with Crippen molar-refractivity contribution in [3.63, 3.8) is 0 Å². The lowest BCUT2D eigenvalue weighted by atomic mass is 10.1. The molecular weight excluding hydrogens is 438 g/mol. The van der Waals surface area contributed by atoms with Crippen molar-refractivity contribution in [2.45, 2.75) is 39.8 Å². The van der Waals surface area contributed by atoms with Crippen LogP contribution in [-0.4, -0.2) is 45.5 Å². The normalized spacial score (nSPS) is 11.1. The smallest absolute Gasteiger partial charge is 0.337 e. The second-order valence-corrected chi connectivity index (χ2v) is 8.61. The van der Waals surface area contributed by atoms with Gasteiger partial charge in [-0.2, -0.15) is 5.10 Å². The molecule has 3 aromatic rings. The molecule has 3 rings (SSSR count). The lowest BCUT2D eigenvalue weighted by Gasteiger charge is -2.13. The van der Waals surface area contributed by atoms with Crippen LogP contribution in [-0.2, 0) is 9.53 Å². The number of benzene rings is 1. The van der Waals surface area contributed by atoms with Crippen molar-refractivity contribution in [3.8, 4) is 5.69 Å². The van der Waals surface area contributed by atoms with Gasteiger partial charge in [-0.1, -0.05) is 11.8 Å². The molecule has 0 unspecified atom stereocenters. The summed E-state index contributed by atoms with van der Waals surface area (Å²) in [6, 6.07) is 9.34. The minimum atomic E-state index is -0.364. The number of carbonyl (C=O) groups is 2. The van der Waals surface area contributed by atoms with Crippen molar-refractivity contribution in [1.82, 2.24) is 20.0 Å². The van der Waals surface area contributed by atoms with Crippen LogP contribution in [0.1, 0.15) is 44.3 Å². The number of hydrazone groups is 1. The van der Waals surface area contributed by atoms with E-state index in [1.165, 1.54) is 18.9 Å². The topological polar surface area (TPSA) is 98.5 Å². The number of aromatic nitrogens is 3. The van der Waals surface area contributed by atoms with Crippen molar-refractivity contribution in [1.29, 1.82) is 0 Å². The fourth-order valence-corrected chi connectivity index (χ4v) is 4.28. The Labute approximate surface area is 197 Å².